The van der Waals surface area contributed by atoms with E-state index in [0.29, 0.717) is 5.92 Å². The summed E-state index contributed by atoms with van der Waals surface area (Å²) in [5.41, 5.74) is 4.72. The number of benzene rings is 2. The van der Waals surface area contributed by atoms with Crippen LogP contribution >= 0.6 is 0 Å². The minimum absolute atomic E-state index is 0.0278. The highest BCUT2D eigenvalue weighted by Gasteiger charge is 2.14. The Morgan fingerprint density at radius 1 is 1.04 bits per heavy atom. The molecule has 0 aliphatic carbocycles. The maximum Gasteiger partial charge on any atom is 0.221 e. The molecule has 2 rings (SSSR count). The molecule has 124 valence electrons. The highest BCUT2D eigenvalue weighted by atomic mass is 16.1. The second kappa shape index (κ2) is 7.73. The minimum Gasteiger partial charge on any atom is -0.325 e. The molecule has 0 aliphatic rings. The number of anilines is 1. The normalized spacial score (nSPS) is 11.0. The third-order valence-electron chi connectivity index (χ3n) is 3.74. The first-order valence-corrected chi connectivity index (χ1v) is 8.08. The zero-order valence-corrected chi connectivity index (χ0v) is 14.6. The number of hydrogen-bond donors (Lipinski definition) is 1. The number of hydrogen-bond acceptors (Lipinski definition) is 2. The van der Waals surface area contributed by atoms with Gasteiger partial charge in [0, 0.05) is 12.5 Å². The van der Waals surface area contributed by atoms with Crippen LogP contribution in [0.3, 0.4) is 0 Å². The molecule has 0 aliphatic heterocycles. The summed E-state index contributed by atoms with van der Waals surface area (Å²) in [6, 6.07) is 14.1. The van der Waals surface area contributed by atoms with E-state index < -0.39 is 0 Å². The maximum absolute atomic E-state index is 11.7. The lowest BCUT2D eigenvalue weighted by Crippen LogP contribution is -2.09. The molecule has 0 saturated heterocycles. The van der Waals surface area contributed by atoms with E-state index in [0.717, 1.165) is 27.9 Å². The van der Waals surface area contributed by atoms with Crippen LogP contribution in [0.2, 0.25) is 0 Å². The minimum atomic E-state index is -0.137. The highest BCUT2D eigenvalue weighted by Crippen LogP contribution is 2.35. The average Bonchev–Trinajstić information content (AvgIpc) is 2.53. The van der Waals surface area contributed by atoms with Gasteiger partial charge >= 0.3 is 0 Å². The van der Waals surface area contributed by atoms with Crippen molar-refractivity contribution >= 4 is 23.5 Å². The van der Waals surface area contributed by atoms with Crippen molar-refractivity contribution in [3.63, 3.8) is 0 Å². The summed E-state index contributed by atoms with van der Waals surface area (Å²) in [4.78, 5) is 23.1. The summed E-state index contributed by atoms with van der Waals surface area (Å²) in [5, 5.41) is 2.93. The van der Waals surface area contributed by atoms with Crippen LogP contribution in [0, 0.1) is 0 Å². The van der Waals surface area contributed by atoms with Crippen LogP contribution in [0.5, 0.6) is 0 Å². The first-order valence-electron chi connectivity index (χ1n) is 8.08. The molecule has 1 N–H and O–H groups in total. The lowest BCUT2D eigenvalue weighted by atomic mass is 9.92. The molecule has 3 nitrogen and oxygen atoms in total. The van der Waals surface area contributed by atoms with Gasteiger partial charge in [-0.25, -0.2) is 0 Å². The fourth-order valence-corrected chi connectivity index (χ4v) is 2.52. The molecule has 0 heterocycles. The number of carbonyl (C=O) groups excluding carboxylic acids is 2. The third kappa shape index (κ3) is 4.42. The van der Waals surface area contributed by atoms with E-state index in [2.05, 4.69) is 25.2 Å². The Labute approximate surface area is 143 Å². The average molecular weight is 321 g/mol. The molecule has 24 heavy (non-hydrogen) atoms. The molecule has 3 heteroatoms. The van der Waals surface area contributed by atoms with Crippen LogP contribution in [0.1, 0.15) is 44.7 Å². The van der Waals surface area contributed by atoms with Gasteiger partial charge in [-0.3, -0.25) is 9.59 Å². The van der Waals surface area contributed by atoms with Crippen LogP contribution in [-0.4, -0.2) is 11.7 Å². The van der Waals surface area contributed by atoms with Crippen molar-refractivity contribution in [2.45, 2.75) is 33.6 Å². The number of carbonyl (C=O) groups is 2. The lowest BCUT2D eigenvalue weighted by Gasteiger charge is -2.18. The Balaban J connectivity index is 2.73. The first-order chi connectivity index (χ1) is 11.4. The van der Waals surface area contributed by atoms with Crippen LogP contribution in [-0.2, 0) is 9.59 Å². The molecule has 0 aromatic heterocycles. The summed E-state index contributed by atoms with van der Waals surface area (Å²) in [5.74, 6) is 0.172. The standard InChI is InChI=1S/C21H23NO2/c1-14(2)19-12-18(11-10-15(3)23)21(22-16(4)24)20(13-19)17-8-6-5-7-9-17/h5-14H,1-4H3,(H,22,24)/b11-10+. The van der Waals surface area contributed by atoms with Crippen molar-refractivity contribution in [3.05, 3.63) is 59.7 Å². The Morgan fingerprint density at radius 2 is 1.71 bits per heavy atom. The third-order valence-corrected chi connectivity index (χ3v) is 3.74. The van der Waals surface area contributed by atoms with E-state index >= 15 is 0 Å². The molecular weight excluding hydrogens is 298 g/mol. The van der Waals surface area contributed by atoms with Crippen molar-refractivity contribution in [3.8, 4) is 11.1 Å². The van der Waals surface area contributed by atoms with Crippen molar-refractivity contribution in [2.24, 2.45) is 0 Å². The van der Waals surface area contributed by atoms with Gasteiger partial charge < -0.3 is 5.32 Å². The molecule has 1 amide bonds. The smallest absolute Gasteiger partial charge is 0.221 e. The quantitative estimate of drug-likeness (QED) is 0.784. The van der Waals surface area contributed by atoms with Gasteiger partial charge in [-0.2, -0.15) is 0 Å². The second-order valence-electron chi connectivity index (χ2n) is 6.18. The molecule has 0 radical (unpaired) electrons. The SMILES string of the molecule is CC(=O)/C=C/c1cc(C(C)C)cc(-c2ccccc2)c1NC(C)=O. The molecule has 0 saturated carbocycles. The van der Waals surface area contributed by atoms with E-state index in [1.165, 1.54) is 19.9 Å². The zero-order chi connectivity index (χ0) is 17.7. The van der Waals surface area contributed by atoms with Crippen LogP contribution in [0.15, 0.2) is 48.5 Å². The predicted octanol–water partition coefficient (Wildman–Crippen LogP) is 5.04. The second-order valence-corrected chi connectivity index (χ2v) is 6.18. The molecule has 0 atom stereocenters. The molecule has 0 spiro atoms. The summed E-state index contributed by atoms with van der Waals surface area (Å²) >= 11 is 0. The van der Waals surface area contributed by atoms with E-state index in [1.54, 1.807) is 6.08 Å². The van der Waals surface area contributed by atoms with Crippen molar-refractivity contribution in [1.82, 2.24) is 0 Å². The number of rotatable bonds is 5. The van der Waals surface area contributed by atoms with Gasteiger partial charge in [-0.15, -0.1) is 0 Å². The molecule has 2 aromatic carbocycles. The molecule has 0 bridgehead atoms. The van der Waals surface area contributed by atoms with Gasteiger partial charge in [0.2, 0.25) is 5.91 Å². The highest BCUT2D eigenvalue weighted by molar-refractivity contribution is 5.99. The summed E-state index contributed by atoms with van der Waals surface area (Å²) in [6.45, 7) is 7.25. The van der Waals surface area contributed by atoms with Gasteiger partial charge in [0.15, 0.2) is 5.78 Å². The number of allylic oxidation sites excluding steroid dienone is 1. The monoisotopic (exact) mass is 321 g/mol. The van der Waals surface area contributed by atoms with Gasteiger partial charge in [0.25, 0.3) is 0 Å². The molecule has 0 unspecified atom stereocenters. The number of amides is 1. The number of ketones is 1. The van der Waals surface area contributed by atoms with Crippen molar-refractivity contribution < 1.29 is 9.59 Å². The Kier molecular flexibility index (Phi) is 5.69. The van der Waals surface area contributed by atoms with Gasteiger partial charge in [0.1, 0.15) is 0 Å². The molecule has 2 aromatic rings. The summed E-state index contributed by atoms with van der Waals surface area (Å²) < 4.78 is 0. The van der Waals surface area contributed by atoms with Gasteiger partial charge in [0.05, 0.1) is 5.69 Å². The predicted molar refractivity (Wildman–Crippen MR) is 100.0 cm³/mol. The van der Waals surface area contributed by atoms with E-state index in [1.807, 2.05) is 36.4 Å². The molecular formula is C21H23NO2. The van der Waals surface area contributed by atoms with E-state index in [-0.39, 0.29) is 11.7 Å². The Hall–Kier alpha value is -2.68. The summed E-state index contributed by atoms with van der Waals surface area (Å²) in [7, 11) is 0. The van der Waals surface area contributed by atoms with Crippen molar-refractivity contribution in [1.29, 1.82) is 0 Å². The van der Waals surface area contributed by atoms with Crippen LogP contribution in [0.4, 0.5) is 5.69 Å². The largest absolute Gasteiger partial charge is 0.325 e. The van der Waals surface area contributed by atoms with Gasteiger partial charge in [-0.1, -0.05) is 44.2 Å². The lowest BCUT2D eigenvalue weighted by molar-refractivity contribution is -0.114. The van der Waals surface area contributed by atoms with E-state index in [9.17, 15) is 9.59 Å². The fourth-order valence-electron chi connectivity index (χ4n) is 2.52. The molecule has 0 fully saturated rings. The zero-order valence-electron chi connectivity index (χ0n) is 14.6. The Morgan fingerprint density at radius 3 is 2.25 bits per heavy atom. The first kappa shape index (κ1) is 17.7. The Bertz CT molecular complexity index is 774. The number of nitrogens with one attached hydrogen (secondary N) is 1. The van der Waals surface area contributed by atoms with Crippen molar-refractivity contribution in [2.75, 3.05) is 5.32 Å². The summed E-state index contributed by atoms with van der Waals surface area (Å²) in [6.07, 6.45) is 3.30. The van der Waals surface area contributed by atoms with Gasteiger partial charge in [-0.05, 0) is 53.8 Å². The van der Waals surface area contributed by atoms with E-state index in [4.69, 9.17) is 0 Å². The maximum atomic E-state index is 11.7. The fraction of sp³-hybridized carbons (Fsp3) is 0.238. The van der Waals surface area contributed by atoms with Crippen LogP contribution < -0.4 is 5.32 Å². The van der Waals surface area contributed by atoms with Crippen LogP contribution in [0.25, 0.3) is 17.2 Å². The topological polar surface area (TPSA) is 46.2 Å².